The van der Waals surface area contributed by atoms with Gasteiger partial charge in [-0.1, -0.05) is 0 Å². The number of amides is 5. The first kappa shape index (κ1) is 38.7. The maximum atomic E-state index is 13.6. The van der Waals surface area contributed by atoms with Gasteiger partial charge in [0, 0.05) is 24.6 Å². The zero-order chi connectivity index (χ0) is 33.2. The number of aliphatic imine (C=N–C) groups is 1. The Morgan fingerprint density at radius 2 is 1.59 bits per heavy atom. The van der Waals surface area contributed by atoms with Crippen molar-refractivity contribution in [1.29, 1.82) is 0 Å². The first-order chi connectivity index (χ1) is 20.9. The summed E-state index contributed by atoms with van der Waals surface area (Å²) in [4.78, 5) is 81.0. The molecule has 0 saturated carbocycles. The number of carboxylic acid groups (broad SMARTS) is 1. The summed E-state index contributed by atoms with van der Waals surface area (Å²) in [5.74, 6) is -4.55. The minimum atomic E-state index is -1.22. The summed E-state index contributed by atoms with van der Waals surface area (Å²) in [7, 11) is 0. The number of carboxylic acids is 1. The van der Waals surface area contributed by atoms with Gasteiger partial charge in [-0.15, -0.1) is 0 Å². The number of nitrogens with one attached hydrogen (secondary N) is 4. The molecule has 17 nitrogen and oxygen atoms in total. The van der Waals surface area contributed by atoms with Gasteiger partial charge in [0.15, 0.2) is 5.96 Å². The van der Waals surface area contributed by atoms with Crippen LogP contribution in [0.4, 0.5) is 0 Å². The highest BCUT2D eigenvalue weighted by molar-refractivity contribution is 7.80. The number of hydrogen-bond acceptors (Lipinski definition) is 11. The van der Waals surface area contributed by atoms with E-state index >= 15 is 0 Å². The number of rotatable bonds is 20. The van der Waals surface area contributed by atoms with Gasteiger partial charge in [-0.2, -0.15) is 25.3 Å². The third-order valence-corrected chi connectivity index (χ3v) is 7.51. The molecular weight excluding hydrogens is 616 g/mol. The minimum absolute atomic E-state index is 0.0719. The molecule has 19 heteroatoms. The number of aliphatic carboxylic acids is 1. The van der Waals surface area contributed by atoms with E-state index in [1.54, 1.807) is 0 Å². The first-order valence-corrected chi connectivity index (χ1v) is 15.6. The van der Waals surface area contributed by atoms with E-state index in [4.69, 9.17) is 22.9 Å². The number of hydrogen-bond donors (Lipinski definition) is 11. The molecule has 5 amide bonds. The second kappa shape index (κ2) is 20.6. The van der Waals surface area contributed by atoms with Crippen LogP contribution < -0.4 is 44.2 Å². The standard InChI is InChI=1S/C25H46N10O7S2/c26-8-2-1-5-16(24(41)42)33-21(38)17(13-44)34-22(39)18-7-4-10-35(18)23(40)15(6-3-9-30-25(28)29)32-19(36)11-31-20(37)14(27)12-43/h14-18,43-44H,1-13,26-27H2,(H,31,37)(H,32,36)(H,33,38)(H,34,39)(H,41,42)(H4,28,29,30)/t14-,15-,16-,17-,18-/m0/s1. The smallest absolute Gasteiger partial charge is 0.326 e. The molecule has 1 saturated heterocycles. The predicted molar refractivity (Wildman–Crippen MR) is 170 cm³/mol. The predicted octanol–water partition coefficient (Wildman–Crippen LogP) is -4.00. The Morgan fingerprint density at radius 1 is 0.909 bits per heavy atom. The summed E-state index contributed by atoms with van der Waals surface area (Å²) >= 11 is 8.09. The number of unbranched alkanes of at least 4 members (excludes halogenated alkanes) is 1. The van der Waals surface area contributed by atoms with Crippen LogP contribution in [0.2, 0.25) is 0 Å². The Hall–Kier alpha value is -3.29. The molecule has 0 aromatic heterocycles. The van der Waals surface area contributed by atoms with Gasteiger partial charge < -0.3 is 54.2 Å². The fraction of sp³-hybridized carbons (Fsp3) is 0.720. The second-order valence-corrected chi connectivity index (χ2v) is 10.9. The lowest BCUT2D eigenvalue weighted by molar-refractivity contribution is -0.143. The van der Waals surface area contributed by atoms with Crippen molar-refractivity contribution in [3.05, 3.63) is 0 Å². The highest BCUT2D eigenvalue weighted by Gasteiger charge is 2.39. The largest absolute Gasteiger partial charge is 0.480 e. The van der Waals surface area contributed by atoms with E-state index in [0.29, 0.717) is 38.6 Å². The van der Waals surface area contributed by atoms with Crippen molar-refractivity contribution in [1.82, 2.24) is 26.2 Å². The number of likely N-dealkylation sites (tertiary alicyclic amines) is 1. The van der Waals surface area contributed by atoms with Crippen LogP contribution in [0.25, 0.3) is 0 Å². The van der Waals surface area contributed by atoms with Crippen LogP contribution in [-0.4, -0.2) is 119 Å². The normalized spacial score (nSPS) is 17.0. The van der Waals surface area contributed by atoms with Crippen LogP contribution in [0.5, 0.6) is 0 Å². The molecule has 0 bridgehead atoms. The summed E-state index contributed by atoms with van der Waals surface area (Å²) < 4.78 is 0. The topological polar surface area (TPSA) is 290 Å². The molecule has 250 valence electrons. The van der Waals surface area contributed by atoms with Crippen LogP contribution in [-0.2, 0) is 28.8 Å². The minimum Gasteiger partial charge on any atom is -0.480 e. The summed E-state index contributed by atoms with van der Waals surface area (Å²) in [6.07, 6.45) is 2.46. The van der Waals surface area contributed by atoms with E-state index in [1.807, 2.05) is 0 Å². The zero-order valence-electron chi connectivity index (χ0n) is 24.6. The van der Waals surface area contributed by atoms with Crippen LogP contribution in [0.15, 0.2) is 4.99 Å². The van der Waals surface area contributed by atoms with E-state index in [1.165, 1.54) is 4.90 Å². The molecule has 0 aliphatic carbocycles. The maximum Gasteiger partial charge on any atom is 0.326 e. The van der Waals surface area contributed by atoms with Crippen LogP contribution in [0.1, 0.15) is 44.9 Å². The molecule has 13 N–H and O–H groups in total. The molecule has 44 heavy (non-hydrogen) atoms. The van der Waals surface area contributed by atoms with Crippen LogP contribution in [0.3, 0.4) is 0 Å². The van der Waals surface area contributed by atoms with Crippen LogP contribution in [0, 0.1) is 0 Å². The highest BCUT2D eigenvalue weighted by Crippen LogP contribution is 2.20. The molecule has 0 radical (unpaired) electrons. The molecule has 5 atom stereocenters. The average Bonchev–Trinajstić information content (AvgIpc) is 3.48. The van der Waals surface area contributed by atoms with E-state index in [-0.39, 0.29) is 43.4 Å². The van der Waals surface area contributed by atoms with Gasteiger partial charge in [-0.05, 0) is 51.5 Å². The van der Waals surface area contributed by atoms with Gasteiger partial charge in [0.05, 0.1) is 12.6 Å². The van der Waals surface area contributed by atoms with Gasteiger partial charge in [0.2, 0.25) is 29.5 Å². The van der Waals surface area contributed by atoms with E-state index in [2.05, 4.69) is 51.5 Å². The fourth-order valence-electron chi connectivity index (χ4n) is 4.38. The van der Waals surface area contributed by atoms with Gasteiger partial charge in [0.1, 0.15) is 24.2 Å². The Bertz CT molecular complexity index is 1030. The molecule has 1 aliphatic rings. The quantitative estimate of drug-likeness (QED) is 0.0258. The van der Waals surface area contributed by atoms with E-state index in [0.717, 1.165) is 0 Å². The number of nitrogens with zero attached hydrogens (tertiary/aromatic N) is 2. The Morgan fingerprint density at radius 3 is 2.18 bits per heavy atom. The van der Waals surface area contributed by atoms with Crippen molar-refractivity contribution in [2.24, 2.45) is 27.9 Å². The monoisotopic (exact) mass is 662 g/mol. The van der Waals surface area contributed by atoms with Crippen molar-refractivity contribution in [2.45, 2.75) is 75.2 Å². The molecule has 1 heterocycles. The molecule has 0 aromatic rings. The number of nitrogens with two attached hydrogens (primary N) is 4. The molecular formula is C25H46N10O7S2. The average molecular weight is 663 g/mol. The Balaban J connectivity index is 2.96. The summed E-state index contributed by atoms with van der Waals surface area (Å²) in [5, 5.41) is 19.4. The number of carbonyl (C=O) groups excluding carboxylic acids is 5. The number of carbonyl (C=O) groups is 6. The molecule has 0 unspecified atom stereocenters. The van der Waals surface area contributed by atoms with Crippen molar-refractivity contribution in [3.63, 3.8) is 0 Å². The molecule has 0 spiro atoms. The van der Waals surface area contributed by atoms with Crippen molar-refractivity contribution >= 4 is 66.7 Å². The number of thiol groups is 2. The van der Waals surface area contributed by atoms with Gasteiger partial charge in [-0.3, -0.25) is 29.0 Å². The molecule has 1 aliphatic heterocycles. The first-order valence-electron chi connectivity index (χ1n) is 14.3. The molecule has 1 rings (SSSR count). The zero-order valence-corrected chi connectivity index (χ0v) is 26.4. The lowest BCUT2D eigenvalue weighted by Crippen LogP contribution is -2.58. The third kappa shape index (κ3) is 13.6. The van der Waals surface area contributed by atoms with Gasteiger partial charge in [0.25, 0.3) is 0 Å². The summed E-state index contributed by atoms with van der Waals surface area (Å²) in [6.45, 7) is 0.339. The summed E-state index contributed by atoms with van der Waals surface area (Å²) in [5.41, 5.74) is 21.8. The Labute approximate surface area is 267 Å². The highest BCUT2D eigenvalue weighted by atomic mass is 32.1. The van der Waals surface area contributed by atoms with Crippen LogP contribution >= 0.6 is 25.3 Å². The van der Waals surface area contributed by atoms with Crippen molar-refractivity contribution < 1.29 is 33.9 Å². The SMILES string of the molecule is NCCCC[C@H](NC(=O)[C@H](CS)NC(=O)[C@@H]1CCCN1C(=O)[C@H](CCCN=C(N)N)NC(=O)CNC(=O)[C@@H](N)CS)C(=O)O. The Kier molecular flexibility index (Phi) is 18.2. The van der Waals surface area contributed by atoms with Crippen molar-refractivity contribution in [3.8, 4) is 0 Å². The molecule has 0 aromatic carbocycles. The lowest BCUT2D eigenvalue weighted by atomic mass is 10.1. The second-order valence-electron chi connectivity index (χ2n) is 10.2. The van der Waals surface area contributed by atoms with Gasteiger partial charge in [-0.25, -0.2) is 4.79 Å². The van der Waals surface area contributed by atoms with E-state index < -0.39 is 72.3 Å². The molecule has 1 fully saturated rings. The number of guanidine groups is 1. The van der Waals surface area contributed by atoms with E-state index in [9.17, 15) is 33.9 Å². The maximum absolute atomic E-state index is 13.6. The third-order valence-electron chi connectivity index (χ3n) is 6.75. The lowest BCUT2D eigenvalue weighted by Gasteiger charge is -2.30. The summed E-state index contributed by atoms with van der Waals surface area (Å²) in [6, 6.07) is -5.28. The van der Waals surface area contributed by atoms with Gasteiger partial charge >= 0.3 is 5.97 Å². The van der Waals surface area contributed by atoms with Crippen molar-refractivity contribution in [2.75, 3.05) is 37.7 Å². The fourth-order valence-corrected chi connectivity index (χ4v) is 4.80.